The lowest BCUT2D eigenvalue weighted by Gasteiger charge is -2.16. The normalized spacial score (nSPS) is 13.1. The molecular formula is C16H26N2O3S2. The van der Waals surface area contributed by atoms with E-state index in [4.69, 9.17) is 0 Å². The van der Waals surface area contributed by atoms with E-state index >= 15 is 0 Å². The summed E-state index contributed by atoms with van der Waals surface area (Å²) >= 11 is 1.46. The number of hydrogen-bond donors (Lipinski definition) is 2. The van der Waals surface area contributed by atoms with Crippen LogP contribution in [0.4, 0.5) is 5.69 Å². The van der Waals surface area contributed by atoms with E-state index in [0.717, 1.165) is 17.7 Å². The molecule has 1 atom stereocenters. The maximum absolute atomic E-state index is 12.5. The predicted octanol–water partition coefficient (Wildman–Crippen LogP) is 3.47. The zero-order valence-corrected chi connectivity index (χ0v) is 16.0. The van der Waals surface area contributed by atoms with Crippen LogP contribution in [0.25, 0.3) is 0 Å². The molecule has 130 valence electrons. The van der Waals surface area contributed by atoms with Crippen molar-refractivity contribution in [2.45, 2.75) is 56.4 Å². The Bertz CT molecular complexity index is 643. The van der Waals surface area contributed by atoms with E-state index in [9.17, 15) is 13.2 Å². The summed E-state index contributed by atoms with van der Waals surface area (Å²) in [7, 11) is -3.60. The van der Waals surface area contributed by atoms with E-state index < -0.39 is 10.0 Å². The first-order valence-electron chi connectivity index (χ1n) is 7.72. The smallest absolute Gasteiger partial charge is 0.240 e. The number of sulfonamides is 1. The third-order valence-electron chi connectivity index (χ3n) is 3.34. The van der Waals surface area contributed by atoms with E-state index in [-0.39, 0.29) is 22.8 Å². The number of hydrogen-bond acceptors (Lipinski definition) is 4. The molecule has 2 N–H and O–H groups in total. The van der Waals surface area contributed by atoms with Gasteiger partial charge in [-0.2, -0.15) is 0 Å². The quantitative estimate of drug-likeness (QED) is 0.698. The standard InChI is InChI=1S/C16H26N2O3S2/c1-6-7-12(4)18-23(20,21)13-8-9-15(22-5)14(10-13)17-16(19)11(2)3/h8-12,18H,6-7H2,1-5H3,(H,17,19). The SMILES string of the molecule is CCCC(C)NS(=O)(=O)c1ccc(SC)c(NC(=O)C(C)C)c1. The summed E-state index contributed by atoms with van der Waals surface area (Å²) in [5.74, 6) is -0.310. The van der Waals surface area contributed by atoms with Gasteiger partial charge in [-0.25, -0.2) is 13.1 Å². The van der Waals surface area contributed by atoms with Crippen molar-refractivity contribution in [1.82, 2.24) is 4.72 Å². The maximum atomic E-state index is 12.5. The molecule has 0 fully saturated rings. The van der Waals surface area contributed by atoms with Gasteiger partial charge in [-0.15, -0.1) is 11.8 Å². The molecule has 23 heavy (non-hydrogen) atoms. The van der Waals surface area contributed by atoms with Gasteiger partial charge in [0, 0.05) is 16.9 Å². The van der Waals surface area contributed by atoms with Crippen LogP contribution in [0.3, 0.4) is 0 Å². The second-order valence-electron chi connectivity index (χ2n) is 5.82. The molecule has 0 aliphatic carbocycles. The highest BCUT2D eigenvalue weighted by molar-refractivity contribution is 7.98. The van der Waals surface area contributed by atoms with Crippen molar-refractivity contribution in [3.05, 3.63) is 18.2 Å². The molecule has 7 heteroatoms. The average Bonchev–Trinajstić information content (AvgIpc) is 2.46. The first kappa shape index (κ1) is 20.0. The summed E-state index contributed by atoms with van der Waals surface area (Å²) in [5.41, 5.74) is 0.530. The maximum Gasteiger partial charge on any atom is 0.240 e. The van der Waals surface area contributed by atoms with Crippen LogP contribution >= 0.6 is 11.8 Å². The molecule has 1 rings (SSSR count). The second kappa shape index (κ2) is 8.70. The fraction of sp³-hybridized carbons (Fsp3) is 0.562. The zero-order valence-electron chi connectivity index (χ0n) is 14.3. The lowest BCUT2D eigenvalue weighted by Crippen LogP contribution is -2.32. The molecule has 0 heterocycles. The summed E-state index contributed by atoms with van der Waals surface area (Å²) < 4.78 is 27.6. The zero-order chi connectivity index (χ0) is 17.6. The predicted molar refractivity (Wildman–Crippen MR) is 96.4 cm³/mol. The van der Waals surface area contributed by atoms with Crippen LogP contribution in [0.15, 0.2) is 28.0 Å². The number of carbonyl (C=O) groups excluding carboxylic acids is 1. The van der Waals surface area contributed by atoms with E-state index in [2.05, 4.69) is 10.0 Å². The largest absolute Gasteiger partial charge is 0.325 e. The molecule has 0 spiro atoms. The number of nitrogens with one attached hydrogen (secondary N) is 2. The van der Waals surface area contributed by atoms with Gasteiger partial charge in [-0.1, -0.05) is 27.2 Å². The van der Waals surface area contributed by atoms with Crippen LogP contribution < -0.4 is 10.0 Å². The third-order valence-corrected chi connectivity index (χ3v) is 5.72. The molecular weight excluding hydrogens is 332 g/mol. The highest BCUT2D eigenvalue weighted by Crippen LogP contribution is 2.28. The minimum absolute atomic E-state index is 0.126. The van der Waals surface area contributed by atoms with Crippen LogP contribution in [0.1, 0.15) is 40.5 Å². The average molecular weight is 359 g/mol. The number of amides is 1. The minimum atomic E-state index is -3.60. The summed E-state index contributed by atoms with van der Waals surface area (Å²) in [5, 5.41) is 2.80. The number of rotatable bonds is 8. The number of anilines is 1. The summed E-state index contributed by atoms with van der Waals surface area (Å²) in [6, 6.07) is 4.68. The topological polar surface area (TPSA) is 75.3 Å². The minimum Gasteiger partial charge on any atom is -0.325 e. The van der Waals surface area contributed by atoms with Crippen molar-refractivity contribution in [3.63, 3.8) is 0 Å². The van der Waals surface area contributed by atoms with Gasteiger partial charge in [0.25, 0.3) is 0 Å². The van der Waals surface area contributed by atoms with Gasteiger partial charge in [0.15, 0.2) is 0 Å². The lowest BCUT2D eigenvalue weighted by molar-refractivity contribution is -0.118. The van der Waals surface area contributed by atoms with E-state index in [0.29, 0.717) is 5.69 Å². The fourth-order valence-electron chi connectivity index (χ4n) is 2.05. The van der Waals surface area contributed by atoms with E-state index in [1.54, 1.807) is 26.0 Å². The molecule has 0 radical (unpaired) electrons. The second-order valence-corrected chi connectivity index (χ2v) is 8.38. The number of benzene rings is 1. The van der Waals surface area contributed by atoms with Gasteiger partial charge in [0.2, 0.25) is 15.9 Å². The van der Waals surface area contributed by atoms with Crippen LogP contribution in [-0.2, 0) is 14.8 Å². The third kappa shape index (κ3) is 5.82. The molecule has 0 aromatic heterocycles. The molecule has 1 amide bonds. The molecule has 5 nitrogen and oxygen atoms in total. The first-order valence-corrected chi connectivity index (χ1v) is 10.4. The highest BCUT2D eigenvalue weighted by atomic mass is 32.2. The highest BCUT2D eigenvalue weighted by Gasteiger charge is 2.19. The van der Waals surface area contributed by atoms with E-state index in [1.807, 2.05) is 20.1 Å². The number of thioether (sulfide) groups is 1. The molecule has 0 aliphatic heterocycles. The van der Waals surface area contributed by atoms with Crippen LogP contribution in [0.5, 0.6) is 0 Å². The Morgan fingerprint density at radius 1 is 1.26 bits per heavy atom. The van der Waals surface area contributed by atoms with Crippen molar-refractivity contribution < 1.29 is 13.2 Å². The van der Waals surface area contributed by atoms with Gasteiger partial charge < -0.3 is 5.32 Å². The number of carbonyl (C=O) groups is 1. The van der Waals surface area contributed by atoms with Gasteiger partial charge in [-0.05, 0) is 37.8 Å². The Hall–Kier alpha value is -1.05. The monoisotopic (exact) mass is 358 g/mol. The van der Waals surface area contributed by atoms with Crippen molar-refractivity contribution in [1.29, 1.82) is 0 Å². The molecule has 1 unspecified atom stereocenters. The Labute approximate surface area is 143 Å². The first-order chi connectivity index (χ1) is 10.7. The Kier molecular flexibility index (Phi) is 7.57. The molecule has 0 bridgehead atoms. The Balaban J connectivity index is 3.11. The lowest BCUT2D eigenvalue weighted by atomic mass is 10.2. The summed E-state index contributed by atoms with van der Waals surface area (Å²) in [4.78, 5) is 12.9. The summed E-state index contributed by atoms with van der Waals surface area (Å²) in [6.45, 7) is 7.45. The van der Waals surface area contributed by atoms with Gasteiger partial charge in [0.05, 0.1) is 10.6 Å². The summed E-state index contributed by atoms with van der Waals surface area (Å²) in [6.07, 6.45) is 3.57. The molecule has 0 saturated heterocycles. The molecule has 1 aromatic carbocycles. The van der Waals surface area contributed by atoms with Crippen molar-refractivity contribution in [2.24, 2.45) is 5.92 Å². The molecule has 0 saturated carbocycles. The fourth-order valence-corrected chi connectivity index (χ4v) is 3.89. The van der Waals surface area contributed by atoms with Crippen LogP contribution in [0, 0.1) is 5.92 Å². The van der Waals surface area contributed by atoms with Gasteiger partial charge >= 0.3 is 0 Å². The van der Waals surface area contributed by atoms with Crippen molar-refractivity contribution in [3.8, 4) is 0 Å². The van der Waals surface area contributed by atoms with Gasteiger partial charge in [-0.3, -0.25) is 4.79 Å². The Morgan fingerprint density at radius 2 is 1.91 bits per heavy atom. The molecule has 1 aromatic rings. The van der Waals surface area contributed by atoms with Crippen LogP contribution in [-0.4, -0.2) is 26.6 Å². The van der Waals surface area contributed by atoms with Gasteiger partial charge in [0.1, 0.15) is 0 Å². The van der Waals surface area contributed by atoms with E-state index in [1.165, 1.54) is 17.8 Å². The molecule has 0 aliphatic rings. The van der Waals surface area contributed by atoms with Crippen molar-refractivity contribution in [2.75, 3.05) is 11.6 Å². The Morgan fingerprint density at radius 3 is 2.43 bits per heavy atom. The van der Waals surface area contributed by atoms with Crippen molar-refractivity contribution >= 4 is 33.4 Å². The van der Waals surface area contributed by atoms with Crippen LogP contribution in [0.2, 0.25) is 0 Å².